The largest absolute Gasteiger partial charge is 0.364 e. The maximum Gasteiger partial charge on any atom is 0.224 e. The third kappa shape index (κ3) is 4.40. The minimum absolute atomic E-state index is 0.00870. The fraction of sp³-hybridized carbons (Fsp3) is 0.591. The van der Waals surface area contributed by atoms with E-state index in [2.05, 4.69) is 62.4 Å². The molecule has 1 N–H and O–H groups in total. The van der Waals surface area contributed by atoms with Crippen LogP contribution in [-0.2, 0) is 11.2 Å². The van der Waals surface area contributed by atoms with Gasteiger partial charge in [0, 0.05) is 23.5 Å². The van der Waals surface area contributed by atoms with Gasteiger partial charge in [-0.3, -0.25) is 4.79 Å². The lowest BCUT2D eigenvalue weighted by molar-refractivity contribution is -0.122. The quantitative estimate of drug-likeness (QED) is 0.766. The van der Waals surface area contributed by atoms with E-state index in [0.717, 1.165) is 18.7 Å². The van der Waals surface area contributed by atoms with Gasteiger partial charge >= 0.3 is 0 Å². The summed E-state index contributed by atoms with van der Waals surface area (Å²) < 4.78 is 0. The van der Waals surface area contributed by atoms with Gasteiger partial charge in [-0.05, 0) is 67.5 Å². The molecule has 1 aromatic rings. The van der Waals surface area contributed by atoms with E-state index in [1.54, 1.807) is 0 Å². The summed E-state index contributed by atoms with van der Waals surface area (Å²) in [6.45, 7) is 11.7. The first-order valence-corrected chi connectivity index (χ1v) is 10.6. The summed E-state index contributed by atoms with van der Waals surface area (Å²) in [6.07, 6.45) is 7.63. The number of nitrogens with zero attached hydrogens (tertiary/aromatic N) is 1. The Labute approximate surface area is 162 Å². The van der Waals surface area contributed by atoms with Crippen LogP contribution in [0.1, 0.15) is 65.2 Å². The molecule has 1 aliphatic carbocycles. The SMILES string of the molecule is CC1=CC(N2CCCCc3sccc32)CC(C)=C1NC(=O)CC(C)(C)C. The highest BCUT2D eigenvalue weighted by Crippen LogP contribution is 2.36. The van der Waals surface area contributed by atoms with Crippen molar-refractivity contribution in [2.45, 2.75) is 72.8 Å². The van der Waals surface area contributed by atoms with Crippen molar-refractivity contribution >= 4 is 22.9 Å². The third-order valence-corrected chi connectivity index (χ3v) is 6.19. The van der Waals surface area contributed by atoms with Crippen LogP contribution in [-0.4, -0.2) is 18.5 Å². The Balaban J connectivity index is 1.76. The molecule has 0 fully saturated rings. The average molecular weight is 373 g/mol. The first kappa shape index (κ1) is 19.2. The monoisotopic (exact) mass is 372 g/mol. The first-order valence-electron chi connectivity index (χ1n) is 9.76. The van der Waals surface area contributed by atoms with Crippen LogP contribution in [0.4, 0.5) is 5.69 Å². The average Bonchev–Trinajstić information content (AvgIpc) is 2.88. The van der Waals surface area contributed by atoms with Crippen LogP contribution in [0, 0.1) is 5.41 Å². The molecule has 3 nitrogen and oxygen atoms in total. The molecule has 3 rings (SSSR count). The molecule has 1 atom stereocenters. The molecule has 2 aliphatic rings. The molecule has 26 heavy (non-hydrogen) atoms. The van der Waals surface area contributed by atoms with Crippen molar-refractivity contribution in [1.29, 1.82) is 0 Å². The summed E-state index contributed by atoms with van der Waals surface area (Å²) >= 11 is 1.89. The summed E-state index contributed by atoms with van der Waals surface area (Å²) in [5.74, 6) is 0.118. The van der Waals surface area contributed by atoms with Crippen LogP contribution in [0.2, 0.25) is 0 Å². The van der Waals surface area contributed by atoms with E-state index in [1.165, 1.54) is 41.0 Å². The third-order valence-electron chi connectivity index (χ3n) is 5.22. The fourth-order valence-corrected chi connectivity index (χ4v) is 4.99. The van der Waals surface area contributed by atoms with Gasteiger partial charge in [0.05, 0.1) is 11.7 Å². The molecule has 1 aliphatic heterocycles. The van der Waals surface area contributed by atoms with E-state index < -0.39 is 0 Å². The van der Waals surface area contributed by atoms with E-state index >= 15 is 0 Å². The maximum atomic E-state index is 12.4. The number of rotatable bonds is 3. The second-order valence-electron chi connectivity index (χ2n) is 8.94. The number of thiophene rings is 1. The topological polar surface area (TPSA) is 32.3 Å². The molecule has 0 saturated carbocycles. The highest BCUT2D eigenvalue weighted by atomic mass is 32.1. The molecular formula is C22H32N2OS. The smallest absolute Gasteiger partial charge is 0.224 e. The van der Waals surface area contributed by atoms with Gasteiger partial charge in [0.15, 0.2) is 0 Å². The lowest BCUT2D eigenvalue weighted by Crippen LogP contribution is -2.38. The van der Waals surface area contributed by atoms with Crippen LogP contribution in [0.15, 0.2) is 34.4 Å². The summed E-state index contributed by atoms with van der Waals surface area (Å²) in [4.78, 5) is 16.5. The van der Waals surface area contributed by atoms with Gasteiger partial charge in [-0.1, -0.05) is 26.8 Å². The van der Waals surface area contributed by atoms with Gasteiger partial charge < -0.3 is 10.2 Å². The fourth-order valence-electron chi connectivity index (χ4n) is 4.06. The Morgan fingerprint density at radius 2 is 2.08 bits per heavy atom. The van der Waals surface area contributed by atoms with Crippen molar-refractivity contribution in [3.8, 4) is 0 Å². The molecular weight excluding hydrogens is 340 g/mol. The first-order chi connectivity index (χ1) is 12.2. The summed E-state index contributed by atoms with van der Waals surface area (Å²) in [6, 6.07) is 2.68. The molecule has 4 heteroatoms. The standard InChI is InChI=1S/C22H32N2OS/c1-15-12-17(24-10-7-6-8-19-18(24)9-11-26-19)13-16(2)21(15)23-20(25)14-22(3,4)5/h9,11-12,17H,6-8,10,13-14H2,1-5H3,(H,23,25). The normalized spacial score (nSPS) is 21.2. The molecule has 0 saturated heterocycles. The molecule has 0 aromatic carbocycles. The van der Waals surface area contributed by atoms with Gasteiger partial charge in [-0.2, -0.15) is 0 Å². The Morgan fingerprint density at radius 3 is 2.77 bits per heavy atom. The van der Waals surface area contributed by atoms with Crippen molar-refractivity contribution in [3.63, 3.8) is 0 Å². The molecule has 0 bridgehead atoms. The van der Waals surface area contributed by atoms with Gasteiger partial charge in [0.25, 0.3) is 0 Å². The molecule has 1 amide bonds. The molecule has 1 aromatic heterocycles. The van der Waals surface area contributed by atoms with Crippen molar-refractivity contribution in [1.82, 2.24) is 5.32 Å². The van der Waals surface area contributed by atoms with Crippen molar-refractivity contribution < 1.29 is 4.79 Å². The van der Waals surface area contributed by atoms with Crippen molar-refractivity contribution in [2.75, 3.05) is 11.4 Å². The number of hydrogen-bond donors (Lipinski definition) is 1. The minimum atomic E-state index is 0.00870. The molecule has 1 unspecified atom stereocenters. The van der Waals surface area contributed by atoms with Gasteiger partial charge in [0.1, 0.15) is 0 Å². The highest BCUT2D eigenvalue weighted by molar-refractivity contribution is 7.10. The zero-order valence-corrected chi connectivity index (χ0v) is 17.6. The van der Waals surface area contributed by atoms with Crippen LogP contribution in [0.5, 0.6) is 0 Å². The van der Waals surface area contributed by atoms with E-state index in [-0.39, 0.29) is 11.3 Å². The number of amides is 1. The number of aryl methyl sites for hydroxylation is 1. The molecule has 142 valence electrons. The van der Waals surface area contributed by atoms with Crippen LogP contribution in [0.25, 0.3) is 0 Å². The number of carbonyl (C=O) groups excluding carboxylic acids is 1. The Morgan fingerprint density at radius 1 is 1.31 bits per heavy atom. The van der Waals surface area contributed by atoms with Crippen molar-refractivity contribution in [3.05, 3.63) is 39.2 Å². The molecule has 0 radical (unpaired) electrons. The highest BCUT2D eigenvalue weighted by Gasteiger charge is 2.27. The van der Waals surface area contributed by atoms with Gasteiger partial charge in [0.2, 0.25) is 5.91 Å². The zero-order valence-electron chi connectivity index (χ0n) is 16.8. The molecule has 2 heterocycles. The predicted molar refractivity (Wildman–Crippen MR) is 112 cm³/mol. The lowest BCUT2D eigenvalue weighted by Gasteiger charge is -2.35. The van der Waals surface area contributed by atoms with Gasteiger partial charge in [-0.15, -0.1) is 11.3 Å². The summed E-state index contributed by atoms with van der Waals surface area (Å²) in [7, 11) is 0. The number of fused-ring (bicyclic) bond motifs is 1. The Hall–Kier alpha value is -1.55. The van der Waals surface area contributed by atoms with Gasteiger partial charge in [-0.25, -0.2) is 0 Å². The van der Waals surface area contributed by atoms with E-state index in [9.17, 15) is 4.79 Å². The minimum Gasteiger partial charge on any atom is -0.364 e. The molecule has 0 spiro atoms. The van der Waals surface area contributed by atoms with Crippen LogP contribution < -0.4 is 10.2 Å². The number of allylic oxidation sites excluding steroid dienone is 1. The number of anilines is 1. The summed E-state index contributed by atoms with van der Waals surface area (Å²) in [5, 5.41) is 5.41. The van der Waals surface area contributed by atoms with E-state index in [4.69, 9.17) is 0 Å². The van der Waals surface area contributed by atoms with Crippen LogP contribution in [0.3, 0.4) is 0 Å². The van der Waals surface area contributed by atoms with E-state index in [1.807, 2.05) is 11.3 Å². The zero-order chi connectivity index (χ0) is 18.9. The number of hydrogen-bond acceptors (Lipinski definition) is 3. The lowest BCUT2D eigenvalue weighted by atomic mass is 9.90. The Bertz CT molecular complexity index is 736. The Kier molecular flexibility index (Phi) is 5.61. The predicted octanol–water partition coefficient (Wildman–Crippen LogP) is 5.44. The second kappa shape index (κ2) is 7.59. The van der Waals surface area contributed by atoms with Crippen molar-refractivity contribution in [2.24, 2.45) is 5.41 Å². The van der Waals surface area contributed by atoms with Crippen LogP contribution >= 0.6 is 11.3 Å². The number of carbonyl (C=O) groups is 1. The number of nitrogens with one attached hydrogen (secondary N) is 1. The van der Waals surface area contributed by atoms with E-state index in [0.29, 0.717) is 12.5 Å². The second-order valence-corrected chi connectivity index (χ2v) is 9.94. The summed E-state index contributed by atoms with van der Waals surface area (Å²) in [5.41, 5.74) is 4.96. The maximum absolute atomic E-state index is 12.4.